The zero-order valence-corrected chi connectivity index (χ0v) is 9.81. The van der Waals surface area contributed by atoms with Gasteiger partial charge in [0.25, 0.3) is 0 Å². The number of carbonyl (C=O) groups excluding carboxylic acids is 1. The third-order valence-corrected chi connectivity index (χ3v) is 2.13. The zero-order chi connectivity index (χ0) is 11.8. The Kier molecular flexibility index (Phi) is 5.26. The smallest absolute Gasteiger partial charge is 0.244 e. The summed E-state index contributed by atoms with van der Waals surface area (Å²) in [6.07, 6.45) is 7.74. The van der Waals surface area contributed by atoms with Gasteiger partial charge in [-0.3, -0.25) is 9.78 Å². The van der Waals surface area contributed by atoms with Crippen LogP contribution in [0.25, 0.3) is 6.08 Å². The summed E-state index contributed by atoms with van der Waals surface area (Å²) >= 11 is 0. The van der Waals surface area contributed by atoms with Crippen LogP contribution in [0.2, 0.25) is 0 Å². The van der Waals surface area contributed by atoms with Crippen LogP contribution in [-0.4, -0.2) is 17.4 Å². The minimum Gasteiger partial charge on any atom is -0.353 e. The fraction of sp³-hybridized carbons (Fsp3) is 0.385. The molecule has 0 aliphatic heterocycles. The van der Waals surface area contributed by atoms with Crippen molar-refractivity contribution in [3.63, 3.8) is 0 Å². The van der Waals surface area contributed by atoms with Gasteiger partial charge < -0.3 is 5.32 Å². The molecule has 0 atom stereocenters. The molecule has 1 aromatic heterocycles. The molecule has 0 aromatic carbocycles. The lowest BCUT2D eigenvalue weighted by Gasteiger charge is -2.04. The molecule has 0 aliphatic rings. The van der Waals surface area contributed by atoms with Crippen molar-refractivity contribution < 1.29 is 4.79 Å². The van der Waals surface area contributed by atoms with Gasteiger partial charge in [0.05, 0.1) is 0 Å². The summed E-state index contributed by atoms with van der Waals surface area (Å²) in [6, 6.07) is 3.75. The largest absolute Gasteiger partial charge is 0.353 e. The fourth-order valence-electron chi connectivity index (χ4n) is 1.19. The molecule has 1 amide bonds. The van der Waals surface area contributed by atoms with Gasteiger partial charge in [-0.2, -0.15) is 0 Å². The van der Waals surface area contributed by atoms with Crippen LogP contribution in [0.1, 0.15) is 25.8 Å². The first kappa shape index (κ1) is 12.4. The molecular weight excluding hydrogens is 200 g/mol. The number of hydrogen-bond donors (Lipinski definition) is 1. The second-order valence-corrected chi connectivity index (χ2v) is 4.09. The summed E-state index contributed by atoms with van der Waals surface area (Å²) in [7, 11) is 0. The average Bonchev–Trinajstić information content (AvgIpc) is 2.27. The van der Waals surface area contributed by atoms with Crippen molar-refractivity contribution in [1.29, 1.82) is 0 Å². The van der Waals surface area contributed by atoms with Crippen LogP contribution in [0.15, 0.2) is 30.6 Å². The Morgan fingerprint density at radius 2 is 2.38 bits per heavy atom. The maximum absolute atomic E-state index is 11.4. The zero-order valence-electron chi connectivity index (χ0n) is 9.81. The summed E-state index contributed by atoms with van der Waals surface area (Å²) in [5.74, 6) is 0.562. The number of rotatable bonds is 5. The summed E-state index contributed by atoms with van der Waals surface area (Å²) in [5, 5.41) is 2.84. The predicted octanol–water partition coefficient (Wildman–Crippen LogP) is 2.26. The molecule has 0 radical (unpaired) electrons. The summed E-state index contributed by atoms with van der Waals surface area (Å²) < 4.78 is 0. The lowest BCUT2D eigenvalue weighted by molar-refractivity contribution is -0.116. The van der Waals surface area contributed by atoms with Crippen molar-refractivity contribution in [1.82, 2.24) is 10.3 Å². The van der Waals surface area contributed by atoms with E-state index >= 15 is 0 Å². The molecular formula is C13H18N2O. The number of nitrogens with one attached hydrogen (secondary N) is 1. The van der Waals surface area contributed by atoms with Gasteiger partial charge in [-0.15, -0.1) is 0 Å². The molecule has 1 rings (SSSR count). The van der Waals surface area contributed by atoms with E-state index in [0.717, 1.165) is 18.5 Å². The van der Waals surface area contributed by atoms with E-state index in [4.69, 9.17) is 0 Å². The van der Waals surface area contributed by atoms with Gasteiger partial charge in [-0.05, 0) is 30.0 Å². The van der Waals surface area contributed by atoms with E-state index in [9.17, 15) is 4.79 Å². The Labute approximate surface area is 96.6 Å². The Hall–Kier alpha value is -1.64. The van der Waals surface area contributed by atoms with E-state index in [1.54, 1.807) is 18.5 Å². The molecule has 0 saturated heterocycles. The Balaban J connectivity index is 2.32. The Morgan fingerprint density at radius 3 is 3.00 bits per heavy atom. The molecule has 3 nitrogen and oxygen atoms in total. The van der Waals surface area contributed by atoms with Crippen molar-refractivity contribution in [3.8, 4) is 0 Å². The van der Waals surface area contributed by atoms with E-state index < -0.39 is 0 Å². The highest BCUT2D eigenvalue weighted by Gasteiger charge is 1.96. The van der Waals surface area contributed by atoms with E-state index in [0.29, 0.717) is 5.92 Å². The molecule has 0 spiro atoms. The van der Waals surface area contributed by atoms with Gasteiger partial charge >= 0.3 is 0 Å². The summed E-state index contributed by atoms with van der Waals surface area (Å²) in [6.45, 7) is 5.00. The van der Waals surface area contributed by atoms with Crippen LogP contribution >= 0.6 is 0 Å². The molecule has 0 aliphatic carbocycles. The molecule has 3 heteroatoms. The first-order chi connectivity index (χ1) is 7.68. The predicted molar refractivity (Wildman–Crippen MR) is 65.7 cm³/mol. The second kappa shape index (κ2) is 6.77. The normalized spacial score (nSPS) is 10.9. The maximum atomic E-state index is 11.4. The SMILES string of the molecule is CC(C)CCNC(=O)/C=C/c1cccnc1. The highest BCUT2D eigenvalue weighted by Crippen LogP contribution is 1.99. The highest BCUT2D eigenvalue weighted by atomic mass is 16.1. The first-order valence-corrected chi connectivity index (χ1v) is 5.54. The fourth-order valence-corrected chi connectivity index (χ4v) is 1.19. The van der Waals surface area contributed by atoms with Gasteiger partial charge in [-0.25, -0.2) is 0 Å². The molecule has 86 valence electrons. The van der Waals surface area contributed by atoms with Gasteiger partial charge in [0.2, 0.25) is 5.91 Å². The molecule has 16 heavy (non-hydrogen) atoms. The molecule has 0 fully saturated rings. The van der Waals surface area contributed by atoms with Crippen LogP contribution in [0.4, 0.5) is 0 Å². The van der Waals surface area contributed by atoms with Crippen molar-refractivity contribution in [2.45, 2.75) is 20.3 Å². The van der Waals surface area contributed by atoms with Crippen molar-refractivity contribution in [3.05, 3.63) is 36.2 Å². The first-order valence-electron chi connectivity index (χ1n) is 5.54. The van der Waals surface area contributed by atoms with E-state index in [2.05, 4.69) is 24.1 Å². The van der Waals surface area contributed by atoms with Crippen molar-refractivity contribution in [2.75, 3.05) is 6.54 Å². The molecule has 1 N–H and O–H groups in total. The third kappa shape index (κ3) is 5.29. The van der Waals surface area contributed by atoms with E-state index in [-0.39, 0.29) is 5.91 Å². The number of aromatic nitrogens is 1. The number of pyridine rings is 1. The molecule has 0 saturated carbocycles. The topological polar surface area (TPSA) is 42.0 Å². The maximum Gasteiger partial charge on any atom is 0.244 e. The van der Waals surface area contributed by atoms with Crippen LogP contribution in [0, 0.1) is 5.92 Å². The lowest BCUT2D eigenvalue weighted by Crippen LogP contribution is -2.23. The van der Waals surface area contributed by atoms with Crippen LogP contribution in [0.5, 0.6) is 0 Å². The highest BCUT2D eigenvalue weighted by molar-refractivity contribution is 5.91. The standard InChI is InChI=1S/C13H18N2O/c1-11(2)7-9-15-13(16)6-5-12-4-3-8-14-10-12/h3-6,8,10-11H,7,9H2,1-2H3,(H,15,16)/b6-5+. The number of nitrogens with zero attached hydrogens (tertiary/aromatic N) is 1. The number of hydrogen-bond acceptors (Lipinski definition) is 2. The number of amides is 1. The van der Waals surface area contributed by atoms with Crippen LogP contribution in [0.3, 0.4) is 0 Å². The van der Waals surface area contributed by atoms with Gasteiger partial charge in [0, 0.05) is 25.0 Å². The second-order valence-electron chi connectivity index (χ2n) is 4.09. The minimum atomic E-state index is -0.0514. The average molecular weight is 218 g/mol. The molecule has 0 unspecified atom stereocenters. The monoisotopic (exact) mass is 218 g/mol. The Bertz CT molecular complexity index is 344. The van der Waals surface area contributed by atoms with Gasteiger partial charge in [-0.1, -0.05) is 19.9 Å². The lowest BCUT2D eigenvalue weighted by atomic mass is 10.1. The molecule has 1 aromatic rings. The summed E-state index contributed by atoms with van der Waals surface area (Å²) in [5.41, 5.74) is 0.932. The van der Waals surface area contributed by atoms with Gasteiger partial charge in [0.15, 0.2) is 0 Å². The molecule has 0 bridgehead atoms. The Morgan fingerprint density at radius 1 is 1.56 bits per heavy atom. The van der Waals surface area contributed by atoms with Crippen molar-refractivity contribution >= 4 is 12.0 Å². The quantitative estimate of drug-likeness (QED) is 0.770. The van der Waals surface area contributed by atoms with E-state index in [1.165, 1.54) is 6.08 Å². The third-order valence-electron chi connectivity index (χ3n) is 2.13. The number of carbonyl (C=O) groups is 1. The van der Waals surface area contributed by atoms with E-state index in [1.807, 2.05) is 12.1 Å². The van der Waals surface area contributed by atoms with Crippen molar-refractivity contribution in [2.24, 2.45) is 5.92 Å². The molecule has 1 heterocycles. The van der Waals surface area contributed by atoms with Crippen LogP contribution in [-0.2, 0) is 4.79 Å². The summed E-state index contributed by atoms with van der Waals surface area (Å²) in [4.78, 5) is 15.3. The van der Waals surface area contributed by atoms with Crippen LogP contribution < -0.4 is 5.32 Å². The van der Waals surface area contributed by atoms with Gasteiger partial charge in [0.1, 0.15) is 0 Å². The minimum absolute atomic E-state index is 0.0514.